The van der Waals surface area contributed by atoms with E-state index in [1.807, 2.05) is 5.43 Å². The summed E-state index contributed by atoms with van der Waals surface area (Å²) in [7, 11) is -3.38. The smallest absolute Gasteiger partial charge is 0.276 e. The summed E-state index contributed by atoms with van der Waals surface area (Å²) < 4.78 is 53.7. The van der Waals surface area contributed by atoms with E-state index in [1.54, 1.807) is 0 Å². The summed E-state index contributed by atoms with van der Waals surface area (Å²) in [6.07, 6.45) is 1.03. The van der Waals surface area contributed by atoms with Gasteiger partial charge in [-0.25, -0.2) is 17.2 Å². The number of carbonyl (C=O) groups excluding carboxylic acids is 2. The Kier molecular flexibility index (Phi) is 5.88. The van der Waals surface area contributed by atoms with Gasteiger partial charge >= 0.3 is 0 Å². The molecule has 0 aliphatic carbocycles. The van der Waals surface area contributed by atoms with Gasteiger partial charge in [0.1, 0.15) is 5.82 Å². The highest BCUT2D eigenvalue weighted by Gasteiger charge is 2.12. The second-order valence-electron chi connectivity index (χ2n) is 5.16. The van der Waals surface area contributed by atoms with E-state index in [-0.39, 0.29) is 16.2 Å². The molecule has 0 fully saturated rings. The van der Waals surface area contributed by atoms with Crippen LogP contribution in [0.5, 0.6) is 5.75 Å². The minimum Gasteiger partial charge on any atom is -0.481 e. The van der Waals surface area contributed by atoms with Gasteiger partial charge in [0.05, 0.1) is 4.90 Å². The number of rotatable bonds is 5. The first-order valence-electron chi connectivity index (χ1n) is 7.14. The molecule has 10 heteroatoms. The monoisotopic (exact) mass is 384 g/mol. The van der Waals surface area contributed by atoms with Crippen molar-refractivity contribution in [1.29, 1.82) is 0 Å². The molecule has 0 aliphatic heterocycles. The minimum atomic E-state index is -3.38. The van der Waals surface area contributed by atoms with Crippen LogP contribution in [0.15, 0.2) is 47.4 Å². The zero-order chi connectivity index (χ0) is 19.3. The quantitative estimate of drug-likeness (QED) is 0.755. The van der Waals surface area contributed by atoms with Crippen LogP contribution in [0.3, 0.4) is 0 Å². The maximum absolute atomic E-state index is 13.3. The van der Waals surface area contributed by atoms with Gasteiger partial charge in [0.25, 0.3) is 11.8 Å². The van der Waals surface area contributed by atoms with Crippen LogP contribution >= 0.6 is 0 Å². The zero-order valence-corrected chi connectivity index (χ0v) is 14.3. The second-order valence-corrected chi connectivity index (χ2v) is 7.18. The van der Waals surface area contributed by atoms with E-state index >= 15 is 0 Å². The summed E-state index contributed by atoms with van der Waals surface area (Å²) in [5.74, 6) is -3.54. The van der Waals surface area contributed by atoms with Crippen molar-refractivity contribution < 1.29 is 31.5 Å². The molecular formula is C16H14F2N2O5S. The lowest BCUT2D eigenvalue weighted by atomic mass is 10.2. The number of hydrogen-bond acceptors (Lipinski definition) is 5. The van der Waals surface area contributed by atoms with Crippen molar-refractivity contribution in [2.45, 2.75) is 4.90 Å². The van der Waals surface area contributed by atoms with Crippen molar-refractivity contribution in [2.75, 3.05) is 12.9 Å². The summed E-state index contributed by atoms with van der Waals surface area (Å²) >= 11 is 0. The van der Waals surface area contributed by atoms with E-state index in [4.69, 9.17) is 4.74 Å². The summed E-state index contributed by atoms with van der Waals surface area (Å²) in [6.45, 7) is -0.615. The molecule has 2 N–H and O–H groups in total. The van der Waals surface area contributed by atoms with Crippen LogP contribution in [0.4, 0.5) is 8.78 Å². The molecule has 0 aromatic heterocycles. The van der Waals surface area contributed by atoms with Gasteiger partial charge < -0.3 is 4.74 Å². The number of hydrazine groups is 1. The lowest BCUT2D eigenvalue weighted by Gasteiger charge is -2.09. The van der Waals surface area contributed by atoms with Gasteiger partial charge in [-0.2, -0.15) is 0 Å². The van der Waals surface area contributed by atoms with Crippen molar-refractivity contribution in [1.82, 2.24) is 10.9 Å². The highest BCUT2D eigenvalue weighted by Crippen LogP contribution is 2.17. The molecule has 2 aromatic carbocycles. The fourth-order valence-electron chi connectivity index (χ4n) is 1.82. The second kappa shape index (κ2) is 7.91. The SMILES string of the molecule is CS(=O)(=O)c1ccc(C(=O)NNC(=O)COc2ccc(F)cc2F)cc1. The molecule has 0 radical (unpaired) electrons. The number of amides is 2. The maximum atomic E-state index is 13.3. The predicted molar refractivity (Wildman–Crippen MR) is 87.0 cm³/mol. The molecule has 138 valence electrons. The lowest BCUT2D eigenvalue weighted by molar-refractivity contribution is -0.123. The van der Waals surface area contributed by atoms with E-state index in [1.165, 1.54) is 24.3 Å². The van der Waals surface area contributed by atoms with Crippen LogP contribution < -0.4 is 15.6 Å². The Balaban J connectivity index is 1.85. The molecule has 7 nitrogen and oxygen atoms in total. The lowest BCUT2D eigenvalue weighted by Crippen LogP contribution is -2.43. The summed E-state index contributed by atoms with van der Waals surface area (Å²) in [6, 6.07) is 7.68. The molecule has 0 unspecified atom stereocenters. The topological polar surface area (TPSA) is 102 Å². The Morgan fingerprint density at radius 1 is 1.04 bits per heavy atom. The van der Waals surface area contributed by atoms with Crippen molar-refractivity contribution in [3.05, 3.63) is 59.7 Å². The molecule has 0 aliphatic rings. The van der Waals surface area contributed by atoms with E-state index in [9.17, 15) is 26.8 Å². The van der Waals surface area contributed by atoms with Gasteiger partial charge in [-0.05, 0) is 36.4 Å². The summed E-state index contributed by atoms with van der Waals surface area (Å²) in [5, 5.41) is 0. The Morgan fingerprint density at radius 2 is 1.69 bits per heavy atom. The van der Waals surface area contributed by atoms with Crippen LogP contribution in [-0.4, -0.2) is 33.1 Å². The molecule has 26 heavy (non-hydrogen) atoms. The first kappa shape index (κ1) is 19.3. The van der Waals surface area contributed by atoms with Crippen molar-refractivity contribution in [3.63, 3.8) is 0 Å². The Bertz CT molecular complexity index is 930. The third kappa shape index (κ3) is 5.24. The normalized spacial score (nSPS) is 10.9. The van der Waals surface area contributed by atoms with Crippen LogP contribution in [-0.2, 0) is 14.6 Å². The maximum Gasteiger partial charge on any atom is 0.276 e. The van der Waals surface area contributed by atoms with Crippen LogP contribution in [0, 0.1) is 11.6 Å². The van der Waals surface area contributed by atoms with Gasteiger partial charge in [0, 0.05) is 17.9 Å². The summed E-state index contributed by atoms with van der Waals surface area (Å²) in [4.78, 5) is 23.5. The van der Waals surface area contributed by atoms with Gasteiger partial charge in [-0.1, -0.05) is 0 Å². The number of benzene rings is 2. The molecule has 0 atom stereocenters. The van der Waals surface area contributed by atoms with Crippen LogP contribution in [0.1, 0.15) is 10.4 Å². The number of nitrogens with one attached hydrogen (secondary N) is 2. The molecule has 0 heterocycles. The van der Waals surface area contributed by atoms with E-state index in [2.05, 4.69) is 5.43 Å². The van der Waals surface area contributed by atoms with Gasteiger partial charge in [0.15, 0.2) is 28.0 Å². The molecule has 0 saturated carbocycles. The highest BCUT2D eigenvalue weighted by atomic mass is 32.2. The zero-order valence-electron chi connectivity index (χ0n) is 13.5. The van der Waals surface area contributed by atoms with E-state index in [0.29, 0.717) is 6.07 Å². The summed E-state index contributed by atoms with van der Waals surface area (Å²) in [5.41, 5.74) is 4.26. The van der Waals surface area contributed by atoms with E-state index < -0.39 is 39.9 Å². The Hall–Kier alpha value is -3.01. The molecule has 0 bridgehead atoms. The average molecular weight is 384 g/mol. The average Bonchev–Trinajstić information content (AvgIpc) is 2.58. The number of sulfone groups is 1. The number of ether oxygens (including phenoxy) is 1. The number of halogens is 2. The molecule has 0 spiro atoms. The van der Waals surface area contributed by atoms with Gasteiger partial charge in [0.2, 0.25) is 0 Å². The Labute approximate surface area is 147 Å². The van der Waals surface area contributed by atoms with E-state index in [0.717, 1.165) is 18.4 Å². The van der Waals surface area contributed by atoms with Crippen molar-refractivity contribution in [2.24, 2.45) is 0 Å². The largest absolute Gasteiger partial charge is 0.481 e. The van der Waals surface area contributed by atoms with Gasteiger partial charge in [-0.3, -0.25) is 20.4 Å². The van der Waals surface area contributed by atoms with Crippen LogP contribution in [0.25, 0.3) is 0 Å². The fraction of sp³-hybridized carbons (Fsp3) is 0.125. The number of hydrogen-bond donors (Lipinski definition) is 2. The predicted octanol–water partition coefficient (Wildman–Crippen LogP) is 1.21. The van der Waals surface area contributed by atoms with Crippen LogP contribution in [0.2, 0.25) is 0 Å². The molecule has 2 amide bonds. The fourth-order valence-corrected chi connectivity index (χ4v) is 2.45. The molecule has 2 aromatic rings. The molecule has 2 rings (SSSR count). The first-order chi connectivity index (χ1) is 12.2. The third-order valence-corrected chi connectivity index (χ3v) is 4.24. The van der Waals surface area contributed by atoms with Crippen molar-refractivity contribution >= 4 is 21.7 Å². The standard InChI is InChI=1S/C16H14F2N2O5S/c1-26(23,24)12-5-2-10(3-6-12)16(22)20-19-15(21)9-25-14-7-4-11(17)8-13(14)18/h2-8H,9H2,1H3,(H,19,21)(H,20,22). The molecule has 0 saturated heterocycles. The highest BCUT2D eigenvalue weighted by molar-refractivity contribution is 7.90. The minimum absolute atomic E-state index is 0.0489. The molecular weight excluding hydrogens is 370 g/mol. The van der Waals surface area contributed by atoms with Gasteiger partial charge in [-0.15, -0.1) is 0 Å². The number of carbonyl (C=O) groups is 2. The first-order valence-corrected chi connectivity index (χ1v) is 9.03. The third-order valence-electron chi connectivity index (χ3n) is 3.11. The van der Waals surface area contributed by atoms with Crippen molar-refractivity contribution in [3.8, 4) is 5.75 Å². The Morgan fingerprint density at radius 3 is 2.27 bits per heavy atom.